The zero-order valence-corrected chi connectivity index (χ0v) is 14.7. The molecular weight excluding hydrogens is 326 g/mol. The summed E-state index contributed by atoms with van der Waals surface area (Å²) >= 11 is 0. The van der Waals surface area contributed by atoms with E-state index in [0.717, 1.165) is 18.4 Å². The molecule has 0 N–H and O–H groups in total. The second-order valence-electron chi connectivity index (χ2n) is 5.87. The maximum Gasteiger partial charge on any atom is 0.337 e. The van der Waals surface area contributed by atoms with Crippen LogP contribution in [-0.4, -0.2) is 30.9 Å². The molecule has 7 nitrogen and oxygen atoms in total. The molecule has 0 saturated carbocycles. The lowest BCUT2D eigenvalue weighted by Gasteiger charge is -2.32. The molecule has 2 unspecified atom stereocenters. The van der Waals surface area contributed by atoms with E-state index in [4.69, 9.17) is 14.2 Å². The first-order valence-electron chi connectivity index (χ1n) is 8.29. The number of methoxy groups -OCH3 is 1. The van der Waals surface area contributed by atoms with Gasteiger partial charge in [-0.3, -0.25) is 10.1 Å². The van der Waals surface area contributed by atoms with Crippen molar-refractivity contribution in [2.75, 3.05) is 13.7 Å². The van der Waals surface area contributed by atoms with Gasteiger partial charge in [0.1, 0.15) is 5.76 Å². The van der Waals surface area contributed by atoms with Gasteiger partial charge >= 0.3 is 5.97 Å². The summed E-state index contributed by atoms with van der Waals surface area (Å²) in [5.41, 5.74) is 1.22. The molecule has 0 spiro atoms. The minimum absolute atomic E-state index is 0.00637. The van der Waals surface area contributed by atoms with E-state index in [1.54, 1.807) is 19.1 Å². The normalized spacial score (nSPS) is 20.1. The molecule has 0 aliphatic carbocycles. The quantitative estimate of drug-likeness (QED) is 0.323. The van der Waals surface area contributed by atoms with Crippen molar-refractivity contribution in [3.05, 3.63) is 51.3 Å². The molecule has 1 aromatic rings. The molecule has 0 bridgehead atoms. The number of carbonyl (C=O) groups is 1. The third-order valence-electron chi connectivity index (χ3n) is 4.18. The molecule has 1 aliphatic rings. The Labute approximate surface area is 146 Å². The van der Waals surface area contributed by atoms with Crippen LogP contribution in [0.5, 0.6) is 0 Å². The summed E-state index contributed by atoms with van der Waals surface area (Å²) in [6.45, 7) is 4.36. The van der Waals surface area contributed by atoms with Crippen molar-refractivity contribution in [1.82, 2.24) is 0 Å². The summed E-state index contributed by atoms with van der Waals surface area (Å²) in [5, 5.41) is 10.8. The summed E-state index contributed by atoms with van der Waals surface area (Å²) in [5.74, 6) is -0.301. The number of benzene rings is 1. The lowest BCUT2D eigenvalue weighted by molar-refractivity contribution is -0.384. The Hall–Kier alpha value is -2.41. The lowest BCUT2D eigenvalue weighted by Crippen LogP contribution is -2.30. The zero-order valence-electron chi connectivity index (χ0n) is 14.7. The fourth-order valence-electron chi connectivity index (χ4n) is 2.85. The highest BCUT2D eigenvalue weighted by atomic mass is 16.7. The van der Waals surface area contributed by atoms with Crippen molar-refractivity contribution in [1.29, 1.82) is 0 Å². The molecule has 0 aromatic heterocycles. The van der Waals surface area contributed by atoms with Gasteiger partial charge in [0.2, 0.25) is 0 Å². The number of unbranched alkanes of at least 4 members (excludes halogenated alkanes) is 1. The second-order valence-corrected chi connectivity index (χ2v) is 5.87. The molecule has 2 rings (SSSR count). The van der Waals surface area contributed by atoms with Crippen molar-refractivity contribution in [2.24, 2.45) is 0 Å². The smallest absolute Gasteiger partial charge is 0.337 e. The highest BCUT2D eigenvalue weighted by Crippen LogP contribution is 2.38. The van der Waals surface area contributed by atoms with Crippen LogP contribution in [0.1, 0.15) is 44.6 Å². The van der Waals surface area contributed by atoms with Crippen molar-refractivity contribution in [3.8, 4) is 0 Å². The number of hydrogen-bond donors (Lipinski definition) is 0. The Morgan fingerprint density at radius 2 is 2.04 bits per heavy atom. The molecule has 0 amide bonds. The van der Waals surface area contributed by atoms with Crippen LogP contribution < -0.4 is 0 Å². The fourth-order valence-corrected chi connectivity index (χ4v) is 2.85. The maximum atomic E-state index is 12.2. The number of nitro benzene ring substituents is 1. The summed E-state index contributed by atoms with van der Waals surface area (Å²) in [6, 6.07) is 6.19. The Morgan fingerprint density at radius 1 is 1.36 bits per heavy atom. The predicted octanol–water partition coefficient (Wildman–Crippen LogP) is 3.69. The predicted molar refractivity (Wildman–Crippen MR) is 90.9 cm³/mol. The van der Waals surface area contributed by atoms with Gasteiger partial charge in [-0.15, -0.1) is 0 Å². The minimum Gasteiger partial charge on any atom is -0.469 e. The number of ether oxygens (including phenoxy) is 3. The van der Waals surface area contributed by atoms with Gasteiger partial charge in [-0.25, -0.2) is 4.79 Å². The van der Waals surface area contributed by atoms with Gasteiger partial charge in [0.25, 0.3) is 5.69 Å². The molecule has 0 saturated heterocycles. The van der Waals surface area contributed by atoms with E-state index < -0.39 is 17.2 Å². The van der Waals surface area contributed by atoms with Crippen molar-refractivity contribution >= 4 is 11.7 Å². The maximum absolute atomic E-state index is 12.2. The number of rotatable bonds is 7. The highest BCUT2D eigenvalue weighted by molar-refractivity contribution is 5.91. The molecular formula is C18H23NO6. The van der Waals surface area contributed by atoms with Crippen LogP contribution in [-0.2, 0) is 19.0 Å². The van der Waals surface area contributed by atoms with Crippen molar-refractivity contribution < 1.29 is 23.9 Å². The lowest BCUT2D eigenvalue weighted by atomic mass is 9.85. The number of esters is 1. The minimum atomic E-state index is -0.465. The van der Waals surface area contributed by atoms with Crippen molar-refractivity contribution in [3.63, 3.8) is 0 Å². The molecule has 25 heavy (non-hydrogen) atoms. The van der Waals surface area contributed by atoms with Crippen LogP contribution in [0.15, 0.2) is 35.6 Å². The fraction of sp³-hybridized carbons (Fsp3) is 0.500. The summed E-state index contributed by atoms with van der Waals surface area (Å²) in [7, 11) is 1.32. The third-order valence-corrected chi connectivity index (χ3v) is 4.18. The largest absolute Gasteiger partial charge is 0.469 e. The van der Waals surface area contributed by atoms with E-state index in [1.807, 2.05) is 0 Å². The molecule has 7 heteroatoms. The third kappa shape index (κ3) is 4.57. The molecule has 1 aromatic carbocycles. The van der Waals surface area contributed by atoms with Gasteiger partial charge in [-0.05, 0) is 18.9 Å². The van der Waals surface area contributed by atoms with Crippen molar-refractivity contribution in [2.45, 2.75) is 45.3 Å². The van der Waals surface area contributed by atoms with E-state index >= 15 is 0 Å². The molecule has 136 valence electrons. The number of non-ortho nitro benzene ring substituents is 1. The van der Waals surface area contributed by atoms with E-state index in [0.29, 0.717) is 24.4 Å². The van der Waals surface area contributed by atoms with Gasteiger partial charge in [0, 0.05) is 24.5 Å². The molecule has 2 atom stereocenters. The first kappa shape index (κ1) is 18.9. The number of hydrogen-bond acceptors (Lipinski definition) is 6. The Morgan fingerprint density at radius 3 is 2.60 bits per heavy atom. The summed E-state index contributed by atoms with van der Waals surface area (Å²) < 4.78 is 16.4. The van der Waals surface area contributed by atoms with E-state index in [2.05, 4.69) is 6.92 Å². The van der Waals surface area contributed by atoms with Gasteiger partial charge in [-0.1, -0.05) is 25.5 Å². The van der Waals surface area contributed by atoms with Crippen LogP contribution in [0.25, 0.3) is 0 Å². The van der Waals surface area contributed by atoms with Crippen LogP contribution in [0, 0.1) is 10.1 Å². The van der Waals surface area contributed by atoms with E-state index in [9.17, 15) is 14.9 Å². The SMILES string of the molecule is CCCCOC1CC(c2ccc([N+](=O)[O-])cc2)C(C(=O)OC)=C(C)O1. The highest BCUT2D eigenvalue weighted by Gasteiger charge is 2.35. The molecule has 0 radical (unpaired) electrons. The summed E-state index contributed by atoms with van der Waals surface area (Å²) in [6.07, 6.45) is 1.93. The van der Waals surface area contributed by atoms with Crippen LogP contribution in [0.3, 0.4) is 0 Å². The van der Waals surface area contributed by atoms with Gasteiger partial charge in [0.15, 0.2) is 6.29 Å². The number of nitro groups is 1. The average Bonchev–Trinajstić information content (AvgIpc) is 2.61. The Balaban J connectivity index is 2.30. The second kappa shape index (κ2) is 8.62. The monoisotopic (exact) mass is 349 g/mol. The van der Waals surface area contributed by atoms with Gasteiger partial charge < -0.3 is 14.2 Å². The van der Waals surface area contributed by atoms with Crippen LogP contribution >= 0.6 is 0 Å². The van der Waals surface area contributed by atoms with Crippen LogP contribution in [0.4, 0.5) is 5.69 Å². The first-order chi connectivity index (χ1) is 12.0. The van der Waals surface area contributed by atoms with E-state index in [-0.39, 0.29) is 11.6 Å². The van der Waals surface area contributed by atoms with Gasteiger partial charge in [0.05, 0.1) is 24.2 Å². The Kier molecular flexibility index (Phi) is 6.52. The molecule has 1 heterocycles. The van der Waals surface area contributed by atoms with E-state index in [1.165, 1.54) is 19.2 Å². The first-order valence-corrected chi connectivity index (χ1v) is 8.29. The molecule has 1 aliphatic heterocycles. The van der Waals surface area contributed by atoms with Gasteiger partial charge in [-0.2, -0.15) is 0 Å². The standard InChI is InChI=1S/C18H23NO6/c1-4-5-10-24-16-11-15(17(12(2)25-16)18(20)23-3)13-6-8-14(9-7-13)19(21)22/h6-9,15-16H,4-5,10-11H2,1-3H3. The van der Waals surface area contributed by atoms with Crippen LogP contribution in [0.2, 0.25) is 0 Å². The molecule has 0 fully saturated rings. The summed E-state index contributed by atoms with van der Waals surface area (Å²) in [4.78, 5) is 22.6. The Bertz CT molecular complexity index is 652. The average molecular weight is 349 g/mol. The number of allylic oxidation sites excluding steroid dienone is 1. The topological polar surface area (TPSA) is 87.9 Å². The number of carbonyl (C=O) groups excluding carboxylic acids is 1. The number of nitrogens with zero attached hydrogens (tertiary/aromatic N) is 1. The zero-order chi connectivity index (χ0) is 18.4.